The first-order chi connectivity index (χ1) is 7.61. The minimum atomic E-state index is -0.404. The van der Waals surface area contributed by atoms with Crippen LogP contribution in [0.15, 0.2) is 12.1 Å². The molecule has 0 heterocycles. The summed E-state index contributed by atoms with van der Waals surface area (Å²) in [6.07, 6.45) is 0. The van der Waals surface area contributed by atoms with Crippen LogP contribution in [0.3, 0.4) is 0 Å². The number of hydrogen-bond donors (Lipinski definition) is 1. The number of benzene rings is 1. The molecule has 1 aromatic carbocycles. The van der Waals surface area contributed by atoms with Crippen LogP contribution in [0.5, 0.6) is 5.75 Å². The highest BCUT2D eigenvalue weighted by Crippen LogP contribution is 2.27. The molecular weight excluding hydrogens is 206 g/mol. The third-order valence-electron chi connectivity index (χ3n) is 2.23. The fraction of sp³-hybridized carbons (Fsp3) is 0.417. The van der Waals surface area contributed by atoms with Gasteiger partial charge in [0.25, 0.3) is 0 Å². The zero-order chi connectivity index (χ0) is 12.1. The van der Waals surface area contributed by atoms with Gasteiger partial charge in [0.2, 0.25) is 0 Å². The molecule has 0 unspecified atom stereocenters. The van der Waals surface area contributed by atoms with E-state index in [2.05, 4.69) is 0 Å². The molecule has 0 fully saturated rings. The minimum absolute atomic E-state index is 0.330. The van der Waals surface area contributed by atoms with Crippen molar-refractivity contribution in [3.05, 3.63) is 23.3 Å². The first kappa shape index (κ1) is 12.4. The number of ether oxygens (including phenoxy) is 2. The lowest BCUT2D eigenvalue weighted by molar-refractivity contribution is 0.0526. The van der Waals surface area contributed by atoms with Crippen LogP contribution in [0.25, 0.3) is 0 Å². The number of hydrogen-bond acceptors (Lipinski definition) is 4. The molecule has 0 spiro atoms. The number of carbonyl (C=O) groups is 1. The van der Waals surface area contributed by atoms with Crippen molar-refractivity contribution in [3.63, 3.8) is 0 Å². The lowest BCUT2D eigenvalue weighted by atomic mass is 10.1. The predicted octanol–water partition coefficient (Wildman–Crippen LogP) is 2.15. The van der Waals surface area contributed by atoms with Gasteiger partial charge in [-0.25, -0.2) is 4.79 Å². The second-order valence-corrected chi connectivity index (χ2v) is 3.31. The molecule has 0 aliphatic heterocycles. The summed E-state index contributed by atoms with van der Waals surface area (Å²) in [6, 6.07) is 3.42. The highest BCUT2D eigenvalue weighted by molar-refractivity contribution is 5.97. The number of nitrogen functional groups attached to an aromatic ring is 1. The molecule has 0 aliphatic rings. The van der Waals surface area contributed by atoms with E-state index >= 15 is 0 Å². The molecule has 0 atom stereocenters. The first-order valence-corrected chi connectivity index (χ1v) is 5.30. The van der Waals surface area contributed by atoms with Gasteiger partial charge in [-0.15, -0.1) is 0 Å². The monoisotopic (exact) mass is 223 g/mol. The van der Waals surface area contributed by atoms with Gasteiger partial charge in [0, 0.05) is 11.3 Å². The quantitative estimate of drug-likeness (QED) is 0.627. The molecule has 1 rings (SSSR count). The SMILES string of the molecule is CCOC(=O)c1c(N)ccc(OCC)c1C. The largest absolute Gasteiger partial charge is 0.494 e. The second kappa shape index (κ2) is 5.39. The Morgan fingerprint density at radius 2 is 2.00 bits per heavy atom. The normalized spacial score (nSPS) is 9.94. The lowest BCUT2D eigenvalue weighted by Gasteiger charge is -2.13. The predicted molar refractivity (Wildman–Crippen MR) is 62.7 cm³/mol. The number of anilines is 1. The fourth-order valence-corrected chi connectivity index (χ4v) is 1.50. The maximum absolute atomic E-state index is 11.7. The molecule has 88 valence electrons. The topological polar surface area (TPSA) is 61.5 Å². The Kier molecular flexibility index (Phi) is 4.17. The molecule has 1 aromatic rings. The maximum Gasteiger partial charge on any atom is 0.340 e. The van der Waals surface area contributed by atoms with Gasteiger partial charge in [-0.2, -0.15) is 0 Å². The van der Waals surface area contributed by atoms with E-state index in [0.29, 0.717) is 30.2 Å². The molecule has 0 bridgehead atoms. The molecule has 16 heavy (non-hydrogen) atoms. The molecule has 0 saturated heterocycles. The van der Waals surface area contributed by atoms with Crippen LogP contribution in [-0.4, -0.2) is 19.2 Å². The van der Waals surface area contributed by atoms with Crippen molar-refractivity contribution >= 4 is 11.7 Å². The van der Waals surface area contributed by atoms with Crippen molar-refractivity contribution in [2.24, 2.45) is 0 Å². The van der Waals surface area contributed by atoms with Gasteiger partial charge in [0.15, 0.2) is 0 Å². The summed E-state index contributed by atoms with van der Waals surface area (Å²) in [5.74, 6) is 0.263. The Labute approximate surface area is 95.3 Å². The van der Waals surface area contributed by atoms with Crippen molar-refractivity contribution in [3.8, 4) is 5.75 Å². The smallest absolute Gasteiger partial charge is 0.340 e. The zero-order valence-electron chi connectivity index (χ0n) is 9.87. The molecule has 2 N–H and O–H groups in total. The van der Waals surface area contributed by atoms with Crippen LogP contribution >= 0.6 is 0 Å². The van der Waals surface area contributed by atoms with Crippen molar-refractivity contribution in [2.75, 3.05) is 18.9 Å². The van der Waals surface area contributed by atoms with E-state index in [0.717, 1.165) is 5.56 Å². The minimum Gasteiger partial charge on any atom is -0.494 e. The Hall–Kier alpha value is -1.71. The number of rotatable bonds is 4. The second-order valence-electron chi connectivity index (χ2n) is 3.31. The van der Waals surface area contributed by atoms with Gasteiger partial charge in [0.1, 0.15) is 5.75 Å². The van der Waals surface area contributed by atoms with E-state index in [1.54, 1.807) is 26.0 Å². The van der Waals surface area contributed by atoms with E-state index in [4.69, 9.17) is 15.2 Å². The highest BCUT2D eigenvalue weighted by Gasteiger charge is 2.17. The van der Waals surface area contributed by atoms with Gasteiger partial charge in [-0.05, 0) is 32.9 Å². The summed E-state index contributed by atoms with van der Waals surface area (Å²) in [5, 5.41) is 0. The molecule has 0 saturated carbocycles. The summed E-state index contributed by atoms with van der Waals surface area (Å²) in [7, 11) is 0. The fourth-order valence-electron chi connectivity index (χ4n) is 1.50. The van der Waals surface area contributed by atoms with Crippen molar-refractivity contribution in [1.82, 2.24) is 0 Å². The molecule has 0 radical (unpaired) electrons. The van der Waals surface area contributed by atoms with Crippen LogP contribution in [0, 0.1) is 6.92 Å². The molecule has 0 aliphatic carbocycles. The Morgan fingerprint density at radius 1 is 1.31 bits per heavy atom. The summed E-state index contributed by atoms with van der Waals surface area (Å²) >= 11 is 0. The van der Waals surface area contributed by atoms with Crippen molar-refractivity contribution in [1.29, 1.82) is 0 Å². The lowest BCUT2D eigenvalue weighted by Crippen LogP contribution is -2.11. The number of esters is 1. The Morgan fingerprint density at radius 3 is 2.56 bits per heavy atom. The molecule has 0 amide bonds. The van der Waals surface area contributed by atoms with E-state index in [1.165, 1.54) is 0 Å². The van der Waals surface area contributed by atoms with E-state index in [-0.39, 0.29) is 0 Å². The maximum atomic E-state index is 11.7. The molecule has 4 nitrogen and oxygen atoms in total. The third-order valence-corrected chi connectivity index (χ3v) is 2.23. The summed E-state index contributed by atoms with van der Waals surface area (Å²) in [4.78, 5) is 11.7. The van der Waals surface area contributed by atoms with Gasteiger partial charge in [0.05, 0.1) is 18.8 Å². The number of nitrogens with two attached hydrogens (primary N) is 1. The summed E-state index contributed by atoms with van der Waals surface area (Å²) in [5.41, 5.74) is 7.30. The average Bonchev–Trinajstić information content (AvgIpc) is 2.23. The van der Waals surface area contributed by atoms with Crippen LogP contribution in [0.2, 0.25) is 0 Å². The summed E-state index contributed by atoms with van der Waals surface area (Å²) < 4.78 is 10.3. The van der Waals surface area contributed by atoms with E-state index in [1.807, 2.05) is 6.92 Å². The molecular formula is C12H17NO3. The highest BCUT2D eigenvalue weighted by atomic mass is 16.5. The van der Waals surface area contributed by atoms with Gasteiger partial charge < -0.3 is 15.2 Å². The van der Waals surface area contributed by atoms with Crippen LogP contribution in [-0.2, 0) is 4.74 Å². The average molecular weight is 223 g/mol. The van der Waals surface area contributed by atoms with Crippen molar-refractivity contribution in [2.45, 2.75) is 20.8 Å². The van der Waals surface area contributed by atoms with Gasteiger partial charge in [-0.1, -0.05) is 0 Å². The van der Waals surface area contributed by atoms with Crippen molar-refractivity contribution < 1.29 is 14.3 Å². The van der Waals surface area contributed by atoms with E-state index < -0.39 is 5.97 Å². The van der Waals surface area contributed by atoms with Gasteiger partial charge >= 0.3 is 5.97 Å². The van der Waals surface area contributed by atoms with Crippen LogP contribution < -0.4 is 10.5 Å². The molecule has 4 heteroatoms. The Bertz CT molecular complexity index is 388. The first-order valence-electron chi connectivity index (χ1n) is 5.30. The third kappa shape index (κ3) is 2.45. The number of carbonyl (C=O) groups excluding carboxylic acids is 1. The molecule has 0 aromatic heterocycles. The van der Waals surface area contributed by atoms with E-state index in [9.17, 15) is 4.79 Å². The van der Waals surface area contributed by atoms with Crippen LogP contribution in [0.4, 0.5) is 5.69 Å². The zero-order valence-corrected chi connectivity index (χ0v) is 9.87. The van der Waals surface area contributed by atoms with Crippen LogP contribution in [0.1, 0.15) is 29.8 Å². The Balaban J connectivity index is 3.15. The van der Waals surface area contributed by atoms with Gasteiger partial charge in [-0.3, -0.25) is 0 Å². The standard InChI is InChI=1S/C12H17NO3/c1-4-15-10-7-6-9(13)11(8(10)3)12(14)16-5-2/h6-7H,4-5,13H2,1-3H3. The summed E-state index contributed by atoms with van der Waals surface area (Å²) in [6.45, 7) is 6.33.